The van der Waals surface area contributed by atoms with Gasteiger partial charge in [0.15, 0.2) is 0 Å². The van der Waals surface area contributed by atoms with Crippen LogP contribution in [0.2, 0.25) is 0 Å². The first-order valence-corrected chi connectivity index (χ1v) is 8.36. The fourth-order valence-electron chi connectivity index (χ4n) is 3.16. The number of para-hydroxylation sites is 2. The molecule has 1 heterocycles. The van der Waals surface area contributed by atoms with Crippen LogP contribution in [0, 0.1) is 0 Å². The topological polar surface area (TPSA) is 49.0 Å². The summed E-state index contributed by atoms with van der Waals surface area (Å²) in [6.45, 7) is 8.17. The summed E-state index contributed by atoms with van der Waals surface area (Å²) in [5.74, 6) is 0.767. The van der Waals surface area contributed by atoms with Gasteiger partial charge in [-0.15, -0.1) is 0 Å². The zero-order valence-corrected chi connectivity index (χ0v) is 14.6. The summed E-state index contributed by atoms with van der Waals surface area (Å²) in [5, 5.41) is 0. The van der Waals surface area contributed by atoms with Crippen molar-refractivity contribution in [2.24, 2.45) is 0 Å². The van der Waals surface area contributed by atoms with E-state index in [1.165, 1.54) is 0 Å². The first kappa shape index (κ1) is 16.2. The number of aromatic nitrogens is 2. The second kappa shape index (κ2) is 6.48. The predicted octanol–water partition coefficient (Wildman–Crippen LogP) is 4.49. The molecule has 0 spiro atoms. The molecule has 0 aliphatic heterocycles. The zero-order valence-electron chi connectivity index (χ0n) is 14.6. The van der Waals surface area contributed by atoms with Crippen LogP contribution in [0.15, 0.2) is 48.5 Å². The van der Waals surface area contributed by atoms with E-state index in [0.717, 1.165) is 22.4 Å². The molecule has 124 valence electrons. The molecule has 4 nitrogen and oxygen atoms in total. The highest BCUT2D eigenvalue weighted by Gasteiger charge is 2.24. The largest absolute Gasteiger partial charge is 0.338 e. The van der Waals surface area contributed by atoms with Gasteiger partial charge in [-0.05, 0) is 45.9 Å². The molecule has 1 N–H and O–H groups in total. The van der Waals surface area contributed by atoms with E-state index < -0.39 is 0 Å². The number of amides is 1. The number of rotatable bonds is 4. The minimum absolute atomic E-state index is 0.0380. The Morgan fingerprint density at radius 1 is 0.958 bits per heavy atom. The van der Waals surface area contributed by atoms with E-state index in [4.69, 9.17) is 0 Å². The van der Waals surface area contributed by atoms with Crippen LogP contribution in [0.3, 0.4) is 0 Å². The maximum absolute atomic E-state index is 13.1. The van der Waals surface area contributed by atoms with Crippen molar-refractivity contribution in [1.82, 2.24) is 14.9 Å². The van der Waals surface area contributed by atoms with Gasteiger partial charge in [0, 0.05) is 17.6 Å². The lowest BCUT2D eigenvalue weighted by Crippen LogP contribution is -2.42. The molecule has 0 radical (unpaired) electrons. The summed E-state index contributed by atoms with van der Waals surface area (Å²) >= 11 is 0. The Kier molecular flexibility index (Phi) is 4.38. The van der Waals surface area contributed by atoms with Gasteiger partial charge in [0.2, 0.25) is 0 Å². The normalized spacial score (nSPS) is 11.4. The van der Waals surface area contributed by atoms with Crippen molar-refractivity contribution in [3.05, 3.63) is 54.1 Å². The number of nitrogens with zero attached hydrogens (tertiary/aromatic N) is 2. The molecule has 1 amide bonds. The molecule has 0 unspecified atom stereocenters. The van der Waals surface area contributed by atoms with Crippen molar-refractivity contribution in [2.45, 2.75) is 39.8 Å². The van der Waals surface area contributed by atoms with E-state index in [9.17, 15) is 4.79 Å². The number of carbonyl (C=O) groups excluding carboxylic acids is 1. The van der Waals surface area contributed by atoms with Crippen LogP contribution in [0.4, 0.5) is 0 Å². The maximum Gasteiger partial charge on any atom is 0.255 e. The molecule has 2 aromatic carbocycles. The monoisotopic (exact) mass is 321 g/mol. The Balaban J connectivity index is 2.09. The van der Waals surface area contributed by atoms with Crippen molar-refractivity contribution < 1.29 is 4.79 Å². The van der Waals surface area contributed by atoms with Crippen LogP contribution in [-0.2, 0) is 0 Å². The maximum atomic E-state index is 13.1. The zero-order chi connectivity index (χ0) is 17.3. The van der Waals surface area contributed by atoms with Gasteiger partial charge in [0.05, 0.1) is 16.6 Å². The van der Waals surface area contributed by atoms with Crippen molar-refractivity contribution in [3.8, 4) is 11.4 Å². The van der Waals surface area contributed by atoms with E-state index in [-0.39, 0.29) is 18.0 Å². The Bertz CT molecular complexity index is 823. The third-order valence-electron chi connectivity index (χ3n) is 4.15. The van der Waals surface area contributed by atoms with Crippen LogP contribution in [0.5, 0.6) is 0 Å². The molecule has 0 saturated carbocycles. The first-order chi connectivity index (χ1) is 11.5. The number of H-pyrrole nitrogens is 1. The number of imidazole rings is 1. The molecule has 0 aliphatic carbocycles. The molecule has 3 aromatic rings. The standard InChI is InChI=1S/C20H23N3O/c1-13(2)23(14(3)4)20(24)16-10-6-5-9-15(16)19-21-17-11-7-8-12-18(17)22-19/h5-14H,1-4H3,(H,21,22). The van der Waals surface area contributed by atoms with Crippen molar-refractivity contribution in [2.75, 3.05) is 0 Å². The van der Waals surface area contributed by atoms with E-state index in [2.05, 4.69) is 9.97 Å². The average molecular weight is 321 g/mol. The summed E-state index contributed by atoms with van der Waals surface area (Å²) in [4.78, 5) is 23.0. The smallest absolute Gasteiger partial charge is 0.255 e. The van der Waals surface area contributed by atoms with Gasteiger partial charge in [-0.2, -0.15) is 0 Å². The van der Waals surface area contributed by atoms with Crippen molar-refractivity contribution in [1.29, 1.82) is 0 Å². The number of aromatic amines is 1. The van der Waals surface area contributed by atoms with Gasteiger partial charge in [-0.25, -0.2) is 4.98 Å². The number of nitrogens with one attached hydrogen (secondary N) is 1. The molecule has 24 heavy (non-hydrogen) atoms. The fraction of sp³-hybridized carbons (Fsp3) is 0.300. The van der Waals surface area contributed by atoms with Crippen molar-refractivity contribution >= 4 is 16.9 Å². The number of fused-ring (bicyclic) bond motifs is 1. The van der Waals surface area contributed by atoms with Gasteiger partial charge in [0.25, 0.3) is 5.91 Å². The Hall–Kier alpha value is -2.62. The minimum Gasteiger partial charge on any atom is -0.338 e. The Morgan fingerprint density at radius 2 is 1.58 bits per heavy atom. The van der Waals surface area contributed by atoms with Crippen molar-refractivity contribution in [3.63, 3.8) is 0 Å². The summed E-state index contributed by atoms with van der Waals surface area (Å²) in [6.07, 6.45) is 0. The van der Waals surface area contributed by atoms with Gasteiger partial charge in [0.1, 0.15) is 5.82 Å². The van der Waals surface area contributed by atoms with E-state index in [0.29, 0.717) is 5.56 Å². The Labute approximate surface area is 142 Å². The average Bonchev–Trinajstić information content (AvgIpc) is 2.98. The first-order valence-electron chi connectivity index (χ1n) is 8.36. The quantitative estimate of drug-likeness (QED) is 0.769. The minimum atomic E-state index is 0.0380. The van der Waals surface area contributed by atoms with Crippen LogP contribution >= 0.6 is 0 Å². The van der Waals surface area contributed by atoms with Gasteiger partial charge < -0.3 is 9.88 Å². The van der Waals surface area contributed by atoms with E-state index in [1.807, 2.05) is 81.1 Å². The summed E-state index contributed by atoms with van der Waals surface area (Å²) < 4.78 is 0. The molecule has 0 aliphatic rings. The number of hydrogen-bond donors (Lipinski definition) is 1. The van der Waals surface area contributed by atoms with Crippen LogP contribution in [-0.4, -0.2) is 32.9 Å². The summed E-state index contributed by atoms with van der Waals surface area (Å²) in [6, 6.07) is 15.8. The SMILES string of the molecule is CC(C)N(C(=O)c1ccccc1-c1nc2ccccc2[nH]1)C(C)C. The van der Waals surface area contributed by atoms with Gasteiger partial charge >= 0.3 is 0 Å². The lowest BCUT2D eigenvalue weighted by molar-refractivity contribution is 0.0644. The third-order valence-corrected chi connectivity index (χ3v) is 4.15. The highest BCUT2D eigenvalue weighted by molar-refractivity contribution is 6.01. The lowest BCUT2D eigenvalue weighted by atomic mass is 10.0. The number of hydrogen-bond acceptors (Lipinski definition) is 2. The molecule has 4 heteroatoms. The van der Waals surface area contributed by atoms with Crippen LogP contribution < -0.4 is 0 Å². The molecular weight excluding hydrogens is 298 g/mol. The molecule has 0 fully saturated rings. The highest BCUT2D eigenvalue weighted by atomic mass is 16.2. The van der Waals surface area contributed by atoms with E-state index in [1.54, 1.807) is 0 Å². The molecule has 3 rings (SSSR count). The molecule has 0 bridgehead atoms. The molecule has 0 atom stereocenters. The highest BCUT2D eigenvalue weighted by Crippen LogP contribution is 2.26. The predicted molar refractivity (Wildman–Crippen MR) is 98.0 cm³/mol. The number of benzene rings is 2. The Morgan fingerprint density at radius 3 is 2.25 bits per heavy atom. The number of carbonyl (C=O) groups is 1. The molecule has 0 saturated heterocycles. The lowest BCUT2D eigenvalue weighted by Gasteiger charge is -2.31. The fourth-order valence-corrected chi connectivity index (χ4v) is 3.16. The van der Waals surface area contributed by atoms with Crippen LogP contribution in [0.25, 0.3) is 22.4 Å². The summed E-state index contributed by atoms with van der Waals surface area (Å²) in [5.41, 5.74) is 3.39. The van der Waals surface area contributed by atoms with Gasteiger partial charge in [-0.1, -0.05) is 30.3 Å². The molecule has 1 aromatic heterocycles. The third kappa shape index (κ3) is 2.92. The van der Waals surface area contributed by atoms with Gasteiger partial charge in [-0.3, -0.25) is 4.79 Å². The summed E-state index contributed by atoms with van der Waals surface area (Å²) in [7, 11) is 0. The van der Waals surface area contributed by atoms with Crippen LogP contribution in [0.1, 0.15) is 38.1 Å². The van der Waals surface area contributed by atoms with E-state index >= 15 is 0 Å². The second-order valence-corrected chi connectivity index (χ2v) is 6.55. The second-order valence-electron chi connectivity index (χ2n) is 6.55. The molecular formula is C20H23N3O.